The molecule has 0 bridgehead atoms. The maximum absolute atomic E-state index is 13.1. The molecule has 90 valence electrons. The van der Waals surface area contributed by atoms with Gasteiger partial charge in [0, 0.05) is 17.1 Å². The Bertz CT molecular complexity index is 512. The van der Waals surface area contributed by atoms with Crippen molar-refractivity contribution >= 4 is 15.9 Å². The van der Waals surface area contributed by atoms with Crippen molar-refractivity contribution in [3.63, 3.8) is 0 Å². The van der Waals surface area contributed by atoms with Gasteiger partial charge in [0.2, 0.25) is 0 Å². The zero-order valence-electron chi connectivity index (χ0n) is 9.11. The molecule has 0 aliphatic heterocycles. The van der Waals surface area contributed by atoms with Crippen molar-refractivity contribution in [1.82, 2.24) is 15.0 Å². The lowest BCUT2D eigenvalue weighted by Gasteiger charge is -2.03. The molecule has 2 N–H and O–H groups in total. The fourth-order valence-corrected chi connectivity index (χ4v) is 1.89. The van der Waals surface area contributed by atoms with Crippen molar-refractivity contribution in [2.24, 2.45) is 5.73 Å². The van der Waals surface area contributed by atoms with Gasteiger partial charge in [0.05, 0.1) is 12.2 Å². The smallest absolute Gasteiger partial charge is 0.123 e. The first-order chi connectivity index (χ1) is 8.19. The minimum Gasteiger partial charge on any atom is -0.330 e. The molecule has 0 unspecified atom stereocenters. The number of nitrogens with two attached hydrogens (primary N) is 1. The molecule has 2 aromatic rings. The predicted octanol–water partition coefficient (Wildman–Crippen LogP) is 1.73. The Morgan fingerprint density at radius 2 is 2.24 bits per heavy atom. The normalized spacial score (nSPS) is 10.8. The predicted molar refractivity (Wildman–Crippen MR) is 66.0 cm³/mol. The van der Waals surface area contributed by atoms with Crippen molar-refractivity contribution < 1.29 is 4.39 Å². The molecule has 0 atom stereocenters. The standard InChI is InChI=1S/C11H12BrFN4/c12-11-2-1-9(13)5-8(11)6-17-7-10(3-4-14)15-16-17/h1-2,5,7H,3-4,6,14H2. The summed E-state index contributed by atoms with van der Waals surface area (Å²) >= 11 is 3.38. The van der Waals surface area contributed by atoms with Crippen molar-refractivity contribution in [1.29, 1.82) is 0 Å². The average Bonchev–Trinajstić information content (AvgIpc) is 2.72. The average molecular weight is 299 g/mol. The lowest BCUT2D eigenvalue weighted by molar-refractivity contribution is 0.613. The summed E-state index contributed by atoms with van der Waals surface area (Å²) in [5.41, 5.74) is 7.11. The van der Waals surface area contributed by atoms with Gasteiger partial charge in [-0.1, -0.05) is 21.1 Å². The van der Waals surface area contributed by atoms with Crippen LogP contribution in [0.5, 0.6) is 0 Å². The van der Waals surface area contributed by atoms with Gasteiger partial charge < -0.3 is 5.73 Å². The highest BCUT2D eigenvalue weighted by molar-refractivity contribution is 9.10. The molecular weight excluding hydrogens is 287 g/mol. The molecule has 17 heavy (non-hydrogen) atoms. The Balaban J connectivity index is 2.16. The number of rotatable bonds is 4. The van der Waals surface area contributed by atoms with E-state index in [1.807, 2.05) is 6.20 Å². The van der Waals surface area contributed by atoms with E-state index >= 15 is 0 Å². The summed E-state index contributed by atoms with van der Waals surface area (Å²) in [7, 11) is 0. The van der Waals surface area contributed by atoms with E-state index in [0.717, 1.165) is 15.7 Å². The first kappa shape index (κ1) is 12.2. The van der Waals surface area contributed by atoms with Crippen LogP contribution in [0.25, 0.3) is 0 Å². The van der Waals surface area contributed by atoms with Crippen LogP contribution in [0, 0.1) is 5.82 Å². The summed E-state index contributed by atoms with van der Waals surface area (Å²) in [4.78, 5) is 0. The lowest BCUT2D eigenvalue weighted by Crippen LogP contribution is -2.03. The number of aromatic nitrogens is 3. The Hall–Kier alpha value is -1.27. The summed E-state index contributed by atoms with van der Waals surface area (Å²) in [5.74, 6) is -0.259. The second kappa shape index (κ2) is 5.37. The topological polar surface area (TPSA) is 56.7 Å². The van der Waals surface area contributed by atoms with Gasteiger partial charge in [0.1, 0.15) is 5.82 Å². The van der Waals surface area contributed by atoms with Crippen LogP contribution in [-0.4, -0.2) is 21.5 Å². The molecule has 0 amide bonds. The van der Waals surface area contributed by atoms with E-state index in [0.29, 0.717) is 19.5 Å². The van der Waals surface area contributed by atoms with Crippen LogP contribution in [0.1, 0.15) is 11.3 Å². The van der Waals surface area contributed by atoms with E-state index in [4.69, 9.17) is 5.73 Å². The highest BCUT2D eigenvalue weighted by Gasteiger charge is 2.05. The summed E-state index contributed by atoms with van der Waals surface area (Å²) < 4.78 is 15.6. The highest BCUT2D eigenvalue weighted by atomic mass is 79.9. The molecule has 0 saturated heterocycles. The summed E-state index contributed by atoms with van der Waals surface area (Å²) in [6, 6.07) is 4.57. The zero-order chi connectivity index (χ0) is 12.3. The Morgan fingerprint density at radius 1 is 1.41 bits per heavy atom. The second-order valence-electron chi connectivity index (χ2n) is 3.68. The third-order valence-electron chi connectivity index (χ3n) is 2.33. The number of hydrogen-bond donors (Lipinski definition) is 1. The number of halogens is 2. The van der Waals surface area contributed by atoms with Crippen LogP contribution in [0.2, 0.25) is 0 Å². The van der Waals surface area contributed by atoms with Crippen LogP contribution in [0.4, 0.5) is 4.39 Å². The molecule has 0 spiro atoms. The van der Waals surface area contributed by atoms with E-state index in [1.54, 1.807) is 10.7 Å². The van der Waals surface area contributed by atoms with Gasteiger partial charge in [-0.25, -0.2) is 9.07 Å². The Morgan fingerprint density at radius 3 is 3.00 bits per heavy atom. The van der Waals surface area contributed by atoms with Gasteiger partial charge in [0.15, 0.2) is 0 Å². The largest absolute Gasteiger partial charge is 0.330 e. The van der Waals surface area contributed by atoms with E-state index < -0.39 is 0 Å². The summed E-state index contributed by atoms with van der Waals surface area (Å²) in [5, 5.41) is 7.95. The molecule has 4 nitrogen and oxygen atoms in total. The molecule has 0 radical (unpaired) electrons. The highest BCUT2D eigenvalue weighted by Crippen LogP contribution is 2.18. The molecular formula is C11H12BrFN4. The van der Waals surface area contributed by atoms with Crippen molar-refractivity contribution in [2.75, 3.05) is 6.54 Å². The first-order valence-corrected chi connectivity index (χ1v) is 6.01. The molecule has 0 saturated carbocycles. The summed E-state index contributed by atoms with van der Waals surface area (Å²) in [6.07, 6.45) is 2.52. The lowest BCUT2D eigenvalue weighted by atomic mass is 10.2. The molecule has 0 aliphatic carbocycles. The van der Waals surface area contributed by atoms with Crippen LogP contribution in [0.3, 0.4) is 0 Å². The minimum absolute atomic E-state index is 0.259. The molecule has 0 aliphatic rings. The van der Waals surface area contributed by atoms with Gasteiger partial charge in [-0.2, -0.15) is 0 Å². The van der Waals surface area contributed by atoms with Crippen LogP contribution in [-0.2, 0) is 13.0 Å². The third kappa shape index (κ3) is 3.10. The second-order valence-corrected chi connectivity index (χ2v) is 4.54. The molecule has 1 heterocycles. The number of hydrogen-bond acceptors (Lipinski definition) is 3. The Labute approximate surface area is 107 Å². The zero-order valence-corrected chi connectivity index (χ0v) is 10.7. The van der Waals surface area contributed by atoms with E-state index in [1.165, 1.54) is 12.1 Å². The number of benzene rings is 1. The maximum atomic E-state index is 13.1. The van der Waals surface area contributed by atoms with Crippen molar-refractivity contribution in [3.05, 3.63) is 45.9 Å². The van der Waals surface area contributed by atoms with Gasteiger partial charge in [0.25, 0.3) is 0 Å². The van der Waals surface area contributed by atoms with Crippen molar-refractivity contribution in [3.8, 4) is 0 Å². The quantitative estimate of drug-likeness (QED) is 0.935. The molecule has 2 rings (SSSR count). The molecule has 1 aromatic heterocycles. The third-order valence-corrected chi connectivity index (χ3v) is 3.10. The van der Waals surface area contributed by atoms with Gasteiger partial charge >= 0.3 is 0 Å². The fourth-order valence-electron chi connectivity index (χ4n) is 1.52. The van der Waals surface area contributed by atoms with Gasteiger partial charge in [-0.3, -0.25) is 0 Å². The van der Waals surface area contributed by atoms with E-state index in [9.17, 15) is 4.39 Å². The number of nitrogens with zero attached hydrogens (tertiary/aromatic N) is 3. The molecule has 1 aromatic carbocycles. The van der Waals surface area contributed by atoms with Crippen LogP contribution >= 0.6 is 15.9 Å². The van der Waals surface area contributed by atoms with Gasteiger partial charge in [-0.15, -0.1) is 5.10 Å². The van der Waals surface area contributed by atoms with Crippen LogP contribution < -0.4 is 5.73 Å². The molecule has 6 heteroatoms. The maximum Gasteiger partial charge on any atom is 0.123 e. The monoisotopic (exact) mass is 298 g/mol. The minimum atomic E-state index is -0.259. The fraction of sp³-hybridized carbons (Fsp3) is 0.273. The van der Waals surface area contributed by atoms with Gasteiger partial charge in [-0.05, 0) is 30.3 Å². The van der Waals surface area contributed by atoms with E-state index in [2.05, 4.69) is 26.2 Å². The van der Waals surface area contributed by atoms with Crippen LogP contribution in [0.15, 0.2) is 28.9 Å². The molecule has 0 fully saturated rings. The summed E-state index contributed by atoms with van der Waals surface area (Å²) in [6.45, 7) is 1.03. The van der Waals surface area contributed by atoms with Crippen molar-refractivity contribution in [2.45, 2.75) is 13.0 Å². The Kier molecular flexibility index (Phi) is 3.86. The first-order valence-electron chi connectivity index (χ1n) is 5.22. The van der Waals surface area contributed by atoms with E-state index in [-0.39, 0.29) is 5.82 Å². The SMILES string of the molecule is NCCc1cn(Cc2cc(F)ccc2Br)nn1.